The van der Waals surface area contributed by atoms with E-state index in [0.29, 0.717) is 29.7 Å². The monoisotopic (exact) mass is 338 g/mol. The van der Waals surface area contributed by atoms with Crippen LogP contribution in [0.1, 0.15) is 18.9 Å². The summed E-state index contributed by atoms with van der Waals surface area (Å²) in [5.41, 5.74) is 0.939. The van der Waals surface area contributed by atoms with Crippen molar-refractivity contribution in [3.05, 3.63) is 33.8 Å². The fourth-order valence-corrected chi connectivity index (χ4v) is 3.15. The Kier molecular flexibility index (Phi) is 7.26. The van der Waals surface area contributed by atoms with Crippen LogP contribution >= 0.6 is 23.2 Å². The highest BCUT2D eigenvalue weighted by molar-refractivity contribution is 7.88. The molecule has 1 rings (SSSR count). The lowest BCUT2D eigenvalue weighted by molar-refractivity contribution is 0.419. The molecule has 0 spiro atoms. The van der Waals surface area contributed by atoms with E-state index in [1.54, 1.807) is 12.1 Å². The van der Waals surface area contributed by atoms with Gasteiger partial charge in [0.2, 0.25) is 10.0 Å². The Morgan fingerprint density at radius 3 is 2.60 bits per heavy atom. The van der Waals surface area contributed by atoms with E-state index in [2.05, 4.69) is 5.32 Å². The molecule has 7 heteroatoms. The molecule has 0 fully saturated rings. The molecule has 0 aliphatic rings. The minimum Gasteiger partial charge on any atom is -0.313 e. The van der Waals surface area contributed by atoms with Gasteiger partial charge in [0.15, 0.2) is 0 Å². The highest BCUT2D eigenvalue weighted by Crippen LogP contribution is 2.20. The summed E-state index contributed by atoms with van der Waals surface area (Å²) in [7, 11) is -3.10. The zero-order chi connectivity index (χ0) is 15.2. The van der Waals surface area contributed by atoms with Gasteiger partial charge in [-0.3, -0.25) is 0 Å². The van der Waals surface area contributed by atoms with Crippen LogP contribution in [-0.2, 0) is 16.6 Å². The molecular formula is C13H20Cl2N2O2S. The summed E-state index contributed by atoms with van der Waals surface area (Å²) in [6, 6.07) is 5.34. The molecule has 0 unspecified atom stereocenters. The van der Waals surface area contributed by atoms with E-state index in [1.165, 1.54) is 10.6 Å². The summed E-state index contributed by atoms with van der Waals surface area (Å²) in [5.74, 6) is 0. The Morgan fingerprint density at radius 1 is 1.30 bits per heavy atom. The topological polar surface area (TPSA) is 49.4 Å². The van der Waals surface area contributed by atoms with Gasteiger partial charge in [-0.15, -0.1) is 0 Å². The van der Waals surface area contributed by atoms with E-state index in [9.17, 15) is 8.42 Å². The molecule has 1 aromatic rings. The maximum absolute atomic E-state index is 11.4. The highest BCUT2D eigenvalue weighted by Gasteiger charge is 2.12. The van der Waals surface area contributed by atoms with Crippen LogP contribution in [0.3, 0.4) is 0 Å². The Morgan fingerprint density at radius 2 is 2.00 bits per heavy atom. The first kappa shape index (κ1) is 17.7. The third-order valence-electron chi connectivity index (χ3n) is 2.91. The van der Waals surface area contributed by atoms with Gasteiger partial charge in [-0.1, -0.05) is 30.1 Å². The average molecular weight is 339 g/mol. The van der Waals surface area contributed by atoms with Crippen molar-refractivity contribution in [3.8, 4) is 0 Å². The van der Waals surface area contributed by atoms with Gasteiger partial charge in [0.25, 0.3) is 0 Å². The first-order valence-corrected chi connectivity index (χ1v) is 9.04. The minimum atomic E-state index is -3.10. The molecule has 4 nitrogen and oxygen atoms in total. The fourth-order valence-electron chi connectivity index (χ4n) is 1.84. The summed E-state index contributed by atoms with van der Waals surface area (Å²) in [6.07, 6.45) is 1.98. The number of benzene rings is 1. The Bertz CT molecular complexity index is 535. The molecule has 0 aliphatic heterocycles. The van der Waals surface area contributed by atoms with Crippen LogP contribution in [0.2, 0.25) is 10.0 Å². The number of rotatable bonds is 8. The predicted octanol–water partition coefficient (Wildman–Crippen LogP) is 2.75. The molecule has 0 heterocycles. The van der Waals surface area contributed by atoms with Crippen molar-refractivity contribution in [2.75, 3.05) is 25.9 Å². The molecule has 0 saturated carbocycles. The van der Waals surface area contributed by atoms with Crippen LogP contribution in [0.15, 0.2) is 18.2 Å². The van der Waals surface area contributed by atoms with E-state index in [4.69, 9.17) is 23.2 Å². The summed E-state index contributed by atoms with van der Waals surface area (Å²) in [6.45, 7) is 4.18. The molecule has 0 aliphatic carbocycles. The van der Waals surface area contributed by atoms with E-state index in [-0.39, 0.29) is 0 Å². The number of nitrogens with one attached hydrogen (secondary N) is 1. The SMILES string of the molecule is CCN(CCCNCc1cc(Cl)ccc1Cl)S(C)(=O)=O. The first-order chi connectivity index (χ1) is 9.34. The van der Waals surface area contributed by atoms with Crippen LogP contribution in [-0.4, -0.2) is 38.6 Å². The molecule has 0 aromatic heterocycles. The highest BCUT2D eigenvalue weighted by atomic mass is 35.5. The Labute approximate surface area is 131 Å². The van der Waals surface area contributed by atoms with Gasteiger partial charge in [0.05, 0.1) is 6.26 Å². The molecule has 0 bridgehead atoms. The van der Waals surface area contributed by atoms with Gasteiger partial charge >= 0.3 is 0 Å². The van der Waals surface area contributed by atoms with Gasteiger partial charge in [-0.2, -0.15) is 0 Å². The van der Waals surface area contributed by atoms with Crippen molar-refractivity contribution in [1.82, 2.24) is 9.62 Å². The minimum absolute atomic E-state index is 0.499. The van der Waals surface area contributed by atoms with E-state index >= 15 is 0 Å². The van der Waals surface area contributed by atoms with Gasteiger partial charge < -0.3 is 5.32 Å². The standard InChI is InChI=1S/C13H20Cl2N2O2S/c1-3-17(20(2,18)19)8-4-7-16-10-11-9-12(14)5-6-13(11)15/h5-6,9,16H,3-4,7-8,10H2,1-2H3. The van der Waals surface area contributed by atoms with Gasteiger partial charge in [-0.25, -0.2) is 12.7 Å². The van der Waals surface area contributed by atoms with E-state index in [0.717, 1.165) is 18.5 Å². The fraction of sp³-hybridized carbons (Fsp3) is 0.538. The molecule has 0 amide bonds. The second-order valence-electron chi connectivity index (χ2n) is 4.52. The number of hydrogen-bond acceptors (Lipinski definition) is 3. The average Bonchev–Trinajstić information content (AvgIpc) is 2.36. The number of hydrogen-bond donors (Lipinski definition) is 1. The number of halogens is 2. The zero-order valence-electron chi connectivity index (χ0n) is 11.7. The zero-order valence-corrected chi connectivity index (χ0v) is 14.0. The molecule has 0 saturated heterocycles. The van der Waals surface area contributed by atoms with Crippen molar-refractivity contribution in [1.29, 1.82) is 0 Å². The summed E-state index contributed by atoms with van der Waals surface area (Å²) >= 11 is 12.0. The van der Waals surface area contributed by atoms with E-state index in [1.807, 2.05) is 13.0 Å². The summed E-state index contributed by atoms with van der Waals surface area (Å²) in [5, 5.41) is 4.56. The molecule has 20 heavy (non-hydrogen) atoms. The normalized spacial score (nSPS) is 12.1. The van der Waals surface area contributed by atoms with Crippen molar-refractivity contribution in [3.63, 3.8) is 0 Å². The third kappa shape index (κ3) is 5.97. The van der Waals surface area contributed by atoms with Crippen LogP contribution in [0.25, 0.3) is 0 Å². The maximum Gasteiger partial charge on any atom is 0.211 e. The number of nitrogens with zero attached hydrogens (tertiary/aromatic N) is 1. The maximum atomic E-state index is 11.4. The summed E-state index contributed by atoms with van der Waals surface area (Å²) < 4.78 is 24.3. The van der Waals surface area contributed by atoms with Crippen molar-refractivity contribution >= 4 is 33.2 Å². The van der Waals surface area contributed by atoms with Crippen LogP contribution in [0.5, 0.6) is 0 Å². The van der Waals surface area contributed by atoms with E-state index < -0.39 is 10.0 Å². The molecule has 0 radical (unpaired) electrons. The van der Waals surface area contributed by atoms with Crippen LogP contribution in [0, 0.1) is 0 Å². The predicted molar refractivity (Wildman–Crippen MR) is 84.9 cm³/mol. The van der Waals surface area contributed by atoms with Crippen molar-refractivity contribution in [2.45, 2.75) is 19.9 Å². The number of sulfonamides is 1. The lowest BCUT2D eigenvalue weighted by atomic mass is 10.2. The Balaban J connectivity index is 2.34. The summed E-state index contributed by atoms with van der Waals surface area (Å²) in [4.78, 5) is 0. The van der Waals surface area contributed by atoms with Gasteiger partial charge in [0.1, 0.15) is 0 Å². The van der Waals surface area contributed by atoms with Crippen molar-refractivity contribution < 1.29 is 8.42 Å². The quantitative estimate of drug-likeness (QED) is 0.741. The molecule has 1 N–H and O–H groups in total. The molecular weight excluding hydrogens is 319 g/mol. The van der Waals surface area contributed by atoms with Crippen LogP contribution in [0.4, 0.5) is 0 Å². The molecule has 114 valence electrons. The molecule has 1 aromatic carbocycles. The smallest absolute Gasteiger partial charge is 0.211 e. The largest absolute Gasteiger partial charge is 0.313 e. The second-order valence-corrected chi connectivity index (χ2v) is 7.35. The van der Waals surface area contributed by atoms with Crippen LogP contribution < -0.4 is 5.32 Å². The lowest BCUT2D eigenvalue weighted by Gasteiger charge is -2.17. The first-order valence-electron chi connectivity index (χ1n) is 6.44. The molecule has 0 atom stereocenters. The van der Waals surface area contributed by atoms with Gasteiger partial charge in [0, 0.05) is 29.7 Å². The lowest BCUT2D eigenvalue weighted by Crippen LogP contribution is -2.32. The second kappa shape index (κ2) is 8.20. The van der Waals surface area contributed by atoms with Crippen molar-refractivity contribution in [2.24, 2.45) is 0 Å². The van der Waals surface area contributed by atoms with Gasteiger partial charge in [-0.05, 0) is 36.7 Å². The Hall–Kier alpha value is -0.330. The third-order valence-corrected chi connectivity index (χ3v) is 4.89.